The maximum Gasteiger partial charge on any atom is 0.261 e. The van der Waals surface area contributed by atoms with Crippen molar-refractivity contribution in [2.24, 2.45) is 5.73 Å². The van der Waals surface area contributed by atoms with Gasteiger partial charge in [-0.05, 0) is 13.8 Å². The third kappa shape index (κ3) is 3.14. The summed E-state index contributed by atoms with van der Waals surface area (Å²) in [5, 5.41) is 0.458. The molecule has 0 saturated carbocycles. The van der Waals surface area contributed by atoms with Gasteiger partial charge in [-0.25, -0.2) is 8.42 Å². The first kappa shape index (κ1) is 16.1. The van der Waals surface area contributed by atoms with Crippen molar-refractivity contribution in [3.63, 3.8) is 0 Å². The van der Waals surface area contributed by atoms with Crippen LogP contribution in [0, 0.1) is 0 Å². The largest absolute Gasteiger partial charge is 0.396 e. The molecule has 0 bridgehead atoms. The Hall–Kier alpha value is -1.32. The molecule has 1 aromatic heterocycles. The molecule has 0 aliphatic carbocycles. The Morgan fingerprint density at radius 2 is 2.05 bits per heavy atom. The summed E-state index contributed by atoms with van der Waals surface area (Å²) in [5.41, 5.74) is 10.6. The number of morpholine rings is 1. The SMILES string of the molecule is CC1(C)CN(c2sc(C(N)=O)c(N)c2S(C)(=O)=O)CCO1. The number of hydrogen-bond donors (Lipinski definition) is 2. The lowest BCUT2D eigenvalue weighted by atomic mass is 10.1. The van der Waals surface area contributed by atoms with Crippen molar-refractivity contribution < 1.29 is 17.9 Å². The highest BCUT2D eigenvalue weighted by atomic mass is 32.2. The van der Waals surface area contributed by atoms with Crippen molar-refractivity contribution in [1.29, 1.82) is 0 Å². The molecule has 0 atom stereocenters. The molecular weight excluding hydrogens is 314 g/mol. The number of thiophene rings is 1. The van der Waals surface area contributed by atoms with Crippen LogP contribution in [-0.4, -0.2) is 45.9 Å². The predicted molar refractivity (Wildman–Crippen MR) is 82.6 cm³/mol. The molecule has 1 amide bonds. The summed E-state index contributed by atoms with van der Waals surface area (Å²) in [5.74, 6) is -0.721. The Balaban J connectivity index is 2.58. The highest BCUT2D eigenvalue weighted by Gasteiger charge is 2.34. The molecule has 7 nitrogen and oxygen atoms in total. The number of ether oxygens (including phenoxy) is 1. The molecule has 0 spiro atoms. The minimum Gasteiger partial charge on any atom is -0.396 e. The number of rotatable bonds is 3. The number of hydrogen-bond acceptors (Lipinski definition) is 7. The van der Waals surface area contributed by atoms with E-state index in [1.807, 2.05) is 18.7 Å². The summed E-state index contributed by atoms with van der Waals surface area (Å²) in [6.45, 7) is 5.36. The first-order chi connectivity index (χ1) is 9.53. The van der Waals surface area contributed by atoms with Gasteiger partial charge in [-0.3, -0.25) is 4.79 Å². The van der Waals surface area contributed by atoms with Crippen LogP contribution >= 0.6 is 11.3 Å². The zero-order valence-electron chi connectivity index (χ0n) is 12.2. The van der Waals surface area contributed by atoms with Gasteiger partial charge in [0, 0.05) is 19.3 Å². The van der Waals surface area contributed by atoms with Crippen LogP contribution in [-0.2, 0) is 14.6 Å². The Labute approximate surface area is 127 Å². The maximum atomic E-state index is 12.0. The molecule has 1 saturated heterocycles. The van der Waals surface area contributed by atoms with Crippen LogP contribution in [0.4, 0.5) is 10.7 Å². The molecule has 1 aliphatic rings. The Kier molecular flexibility index (Phi) is 3.94. The third-order valence-corrected chi connectivity index (χ3v) is 5.75. The van der Waals surface area contributed by atoms with Crippen LogP contribution in [0.1, 0.15) is 23.5 Å². The average Bonchev–Trinajstić information content (AvgIpc) is 2.65. The second kappa shape index (κ2) is 5.15. The second-order valence-electron chi connectivity index (χ2n) is 5.65. The number of nitrogens with zero attached hydrogens (tertiary/aromatic N) is 1. The van der Waals surface area contributed by atoms with E-state index in [4.69, 9.17) is 16.2 Å². The van der Waals surface area contributed by atoms with Crippen LogP contribution in [0.3, 0.4) is 0 Å². The molecule has 1 aliphatic heterocycles. The molecule has 21 heavy (non-hydrogen) atoms. The van der Waals surface area contributed by atoms with Gasteiger partial charge in [0.1, 0.15) is 14.8 Å². The summed E-state index contributed by atoms with van der Waals surface area (Å²) >= 11 is 1.02. The monoisotopic (exact) mass is 333 g/mol. The van der Waals surface area contributed by atoms with Crippen LogP contribution in [0.15, 0.2) is 4.90 Å². The summed E-state index contributed by atoms with van der Waals surface area (Å²) in [4.78, 5) is 13.4. The summed E-state index contributed by atoms with van der Waals surface area (Å²) < 4.78 is 29.7. The van der Waals surface area contributed by atoms with Crippen LogP contribution in [0.2, 0.25) is 0 Å². The fourth-order valence-electron chi connectivity index (χ4n) is 2.36. The van der Waals surface area contributed by atoms with Crippen LogP contribution < -0.4 is 16.4 Å². The molecular formula is C12H19N3O4S2. The minimum atomic E-state index is -3.57. The molecule has 4 N–H and O–H groups in total. The number of primary amides is 1. The van der Waals surface area contributed by atoms with Crippen molar-refractivity contribution in [2.75, 3.05) is 36.6 Å². The van der Waals surface area contributed by atoms with E-state index in [1.165, 1.54) is 0 Å². The molecule has 2 rings (SSSR count). The quantitative estimate of drug-likeness (QED) is 0.829. The highest BCUT2D eigenvalue weighted by Crippen LogP contribution is 2.42. The lowest BCUT2D eigenvalue weighted by molar-refractivity contribution is -0.0276. The lowest BCUT2D eigenvalue weighted by Crippen LogP contribution is -2.48. The van der Waals surface area contributed by atoms with Gasteiger partial charge >= 0.3 is 0 Å². The Morgan fingerprint density at radius 3 is 2.52 bits per heavy atom. The average molecular weight is 333 g/mol. The molecule has 1 fully saturated rings. The number of nitrogens with two attached hydrogens (primary N) is 2. The number of carbonyl (C=O) groups excluding carboxylic acids is 1. The van der Waals surface area contributed by atoms with E-state index in [1.54, 1.807) is 0 Å². The standard InChI is InChI=1S/C12H19N3O4S2/c1-12(2)6-15(4-5-19-12)11-9(21(3,17)18)7(13)8(20-11)10(14)16/h4-6,13H2,1-3H3,(H2,14,16). The number of nitrogen functional groups attached to an aromatic ring is 1. The van der Waals surface area contributed by atoms with Crippen molar-refractivity contribution >= 4 is 37.8 Å². The number of anilines is 2. The van der Waals surface area contributed by atoms with E-state index >= 15 is 0 Å². The predicted octanol–water partition coefficient (Wildman–Crippen LogP) is 0.448. The van der Waals surface area contributed by atoms with Gasteiger partial charge in [-0.1, -0.05) is 0 Å². The summed E-state index contributed by atoms with van der Waals surface area (Å²) in [6, 6.07) is 0. The molecule has 0 unspecified atom stereocenters. The third-order valence-electron chi connectivity index (χ3n) is 3.19. The van der Waals surface area contributed by atoms with Crippen molar-refractivity contribution in [1.82, 2.24) is 0 Å². The van der Waals surface area contributed by atoms with Crippen LogP contribution in [0.5, 0.6) is 0 Å². The number of carbonyl (C=O) groups is 1. The van der Waals surface area contributed by atoms with E-state index in [0.29, 0.717) is 24.7 Å². The van der Waals surface area contributed by atoms with Gasteiger partial charge in [0.2, 0.25) is 0 Å². The van der Waals surface area contributed by atoms with E-state index in [0.717, 1.165) is 17.6 Å². The molecule has 118 valence electrons. The van der Waals surface area contributed by atoms with E-state index < -0.39 is 21.3 Å². The van der Waals surface area contributed by atoms with Crippen molar-refractivity contribution in [3.05, 3.63) is 4.88 Å². The number of amides is 1. The van der Waals surface area contributed by atoms with Gasteiger partial charge in [0.05, 0.1) is 17.9 Å². The molecule has 2 heterocycles. The zero-order chi connectivity index (χ0) is 16.0. The smallest absolute Gasteiger partial charge is 0.261 e. The molecule has 0 radical (unpaired) electrons. The van der Waals surface area contributed by atoms with Gasteiger partial charge in [-0.15, -0.1) is 11.3 Å². The topological polar surface area (TPSA) is 116 Å². The van der Waals surface area contributed by atoms with E-state index in [2.05, 4.69) is 0 Å². The fraction of sp³-hybridized carbons (Fsp3) is 0.583. The lowest BCUT2D eigenvalue weighted by Gasteiger charge is -2.39. The second-order valence-corrected chi connectivity index (χ2v) is 8.60. The maximum absolute atomic E-state index is 12.0. The summed E-state index contributed by atoms with van der Waals surface area (Å²) in [7, 11) is -3.57. The van der Waals surface area contributed by atoms with Gasteiger partial charge in [0.15, 0.2) is 9.84 Å². The van der Waals surface area contributed by atoms with Gasteiger partial charge < -0.3 is 21.1 Å². The highest BCUT2D eigenvalue weighted by molar-refractivity contribution is 7.91. The normalized spacial score (nSPS) is 18.7. The van der Waals surface area contributed by atoms with Gasteiger partial charge in [-0.2, -0.15) is 0 Å². The van der Waals surface area contributed by atoms with E-state index in [-0.39, 0.29) is 15.5 Å². The molecule has 1 aromatic rings. The van der Waals surface area contributed by atoms with Gasteiger partial charge in [0.25, 0.3) is 5.91 Å². The molecule has 0 aromatic carbocycles. The van der Waals surface area contributed by atoms with Crippen LogP contribution in [0.25, 0.3) is 0 Å². The zero-order valence-corrected chi connectivity index (χ0v) is 13.8. The Morgan fingerprint density at radius 1 is 1.43 bits per heavy atom. The first-order valence-electron chi connectivity index (χ1n) is 6.34. The van der Waals surface area contributed by atoms with Crippen molar-refractivity contribution in [2.45, 2.75) is 24.3 Å². The number of sulfone groups is 1. The Bertz CT molecular complexity index is 679. The molecule has 9 heteroatoms. The van der Waals surface area contributed by atoms with Crippen molar-refractivity contribution in [3.8, 4) is 0 Å². The first-order valence-corrected chi connectivity index (χ1v) is 9.05. The minimum absolute atomic E-state index is 0.0148. The summed E-state index contributed by atoms with van der Waals surface area (Å²) in [6.07, 6.45) is 1.07. The van der Waals surface area contributed by atoms with E-state index in [9.17, 15) is 13.2 Å². The fourth-order valence-corrected chi connectivity index (χ4v) is 4.94.